The van der Waals surface area contributed by atoms with E-state index in [1.165, 1.54) is 12.1 Å². The first kappa shape index (κ1) is 15.6. The van der Waals surface area contributed by atoms with Crippen LogP contribution in [0.15, 0.2) is 42.5 Å². The van der Waals surface area contributed by atoms with Gasteiger partial charge < -0.3 is 5.32 Å². The predicted octanol–water partition coefficient (Wildman–Crippen LogP) is 3.46. The van der Waals surface area contributed by atoms with Crippen LogP contribution in [0.1, 0.15) is 5.56 Å². The van der Waals surface area contributed by atoms with Crippen LogP contribution in [0.4, 0.5) is 15.8 Å². The average Bonchev–Trinajstić information content (AvgIpc) is 2.38. The number of benzene rings is 2. The molecule has 4 nitrogen and oxygen atoms in total. The maximum absolute atomic E-state index is 13.6. The Labute approximate surface area is 128 Å². The number of anilines is 2. The quantitative estimate of drug-likeness (QED) is 0.883. The first-order chi connectivity index (χ1) is 9.83. The lowest BCUT2D eigenvalue weighted by Gasteiger charge is -2.10. The van der Waals surface area contributed by atoms with Crippen molar-refractivity contribution in [2.45, 2.75) is 6.54 Å². The SMILES string of the molecule is CS(=O)(=O)Nc1cccc(NCc2cc(Cl)ccc2F)c1. The van der Waals surface area contributed by atoms with E-state index in [0.717, 1.165) is 6.26 Å². The molecule has 2 aromatic carbocycles. The van der Waals surface area contributed by atoms with Crippen molar-refractivity contribution in [2.24, 2.45) is 0 Å². The molecule has 0 saturated carbocycles. The van der Waals surface area contributed by atoms with E-state index in [1.807, 2.05) is 0 Å². The number of hydrogen-bond acceptors (Lipinski definition) is 3. The van der Waals surface area contributed by atoms with Crippen LogP contribution in [-0.2, 0) is 16.6 Å². The van der Waals surface area contributed by atoms with Gasteiger partial charge in [0.2, 0.25) is 10.0 Å². The second-order valence-electron chi connectivity index (χ2n) is 4.54. The minimum atomic E-state index is -3.33. The Morgan fingerprint density at radius 3 is 2.57 bits per heavy atom. The molecule has 0 aliphatic carbocycles. The van der Waals surface area contributed by atoms with E-state index in [0.29, 0.717) is 22.0 Å². The van der Waals surface area contributed by atoms with Crippen molar-refractivity contribution in [2.75, 3.05) is 16.3 Å². The van der Waals surface area contributed by atoms with Crippen molar-refractivity contribution in [1.29, 1.82) is 0 Å². The van der Waals surface area contributed by atoms with Gasteiger partial charge in [0.05, 0.1) is 11.9 Å². The molecule has 2 rings (SSSR count). The van der Waals surface area contributed by atoms with Crippen molar-refractivity contribution in [3.63, 3.8) is 0 Å². The van der Waals surface area contributed by atoms with Crippen molar-refractivity contribution in [3.05, 3.63) is 58.9 Å². The highest BCUT2D eigenvalue weighted by molar-refractivity contribution is 7.92. The van der Waals surface area contributed by atoms with Crippen LogP contribution < -0.4 is 10.0 Å². The molecule has 7 heteroatoms. The fraction of sp³-hybridized carbons (Fsp3) is 0.143. The number of nitrogens with one attached hydrogen (secondary N) is 2. The van der Waals surface area contributed by atoms with E-state index >= 15 is 0 Å². The summed E-state index contributed by atoms with van der Waals surface area (Å²) in [4.78, 5) is 0. The number of sulfonamides is 1. The summed E-state index contributed by atoms with van der Waals surface area (Å²) in [5, 5.41) is 3.48. The fourth-order valence-electron chi connectivity index (χ4n) is 1.78. The summed E-state index contributed by atoms with van der Waals surface area (Å²) in [6.07, 6.45) is 1.08. The lowest BCUT2D eigenvalue weighted by molar-refractivity contribution is 0.607. The summed E-state index contributed by atoms with van der Waals surface area (Å²) in [5.74, 6) is -0.350. The highest BCUT2D eigenvalue weighted by Gasteiger charge is 2.05. The van der Waals surface area contributed by atoms with Crippen molar-refractivity contribution in [1.82, 2.24) is 0 Å². The van der Waals surface area contributed by atoms with Gasteiger partial charge in [0.25, 0.3) is 0 Å². The summed E-state index contributed by atoms with van der Waals surface area (Å²) in [5.41, 5.74) is 1.54. The van der Waals surface area contributed by atoms with Gasteiger partial charge in [0.1, 0.15) is 5.82 Å². The van der Waals surface area contributed by atoms with Crippen molar-refractivity contribution >= 4 is 33.0 Å². The van der Waals surface area contributed by atoms with Crippen LogP contribution >= 0.6 is 11.6 Å². The van der Waals surface area contributed by atoms with Crippen LogP contribution in [0.2, 0.25) is 5.02 Å². The van der Waals surface area contributed by atoms with E-state index < -0.39 is 10.0 Å². The third-order valence-corrected chi connectivity index (χ3v) is 3.50. The van der Waals surface area contributed by atoms with Gasteiger partial charge in [0, 0.05) is 22.8 Å². The molecular weight excluding hydrogens is 315 g/mol. The Kier molecular flexibility index (Phi) is 4.69. The molecule has 2 N–H and O–H groups in total. The minimum absolute atomic E-state index is 0.245. The zero-order chi connectivity index (χ0) is 15.5. The largest absolute Gasteiger partial charge is 0.381 e. The number of hydrogen-bond donors (Lipinski definition) is 2. The Bertz CT molecular complexity index is 750. The molecular formula is C14H14ClFN2O2S. The molecule has 0 bridgehead atoms. The first-order valence-corrected chi connectivity index (χ1v) is 8.36. The molecule has 2 aromatic rings. The smallest absolute Gasteiger partial charge is 0.229 e. The van der Waals surface area contributed by atoms with Gasteiger partial charge in [-0.2, -0.15) is 0 Å². The highest BCUT2D eigenvalue weighted by Crippen LogP contribution is 2.19. The molecule has 0 unspecified atom stereocenters. The van der Waals surface area contributed by atoms with E-state index in [1.54, 1.807) is 30.3 Å². The van der Waals surface area contributed by atoms with Gasteiger partial charge in [0.15, 0.2) is 0 Å². The highest BCUT2D eigenvalue weighted by atomic mass is 35.5. The molecule has 0 aromatic heterocycles. The lowest BCUT2D eigenvalue weighted by atomic mass is 10.2. The second kappa shape index (κ2) is 6.32. The maximum atomic E-state index is 13.6. The van der Waals surface area contributed by atoms with Crippen molar-refractivity contribution in [3.8, 4) is 0 Å². The normalized spacial score (nSPS) is 11.2. The maximum Gasteiger partial charge on any atom is 0.229 e. The molecule has 0 atom stereocenters. The first-order valence-electron chi connectivity index (χ1n) is 6.09. The van der Waals surface area contributed by atoms with Crippen LogP contribution in [-0.4, -0.2) is 14.7 Å². The molecule has 0 heterocycles. The lowest BCUT2D eigenvalue weighted by Crippen LogP contribution is -2.09. The zero-order valence-electron chi connectivity index (χ0n) is 11.2. The number of rotatable bonds is 5. The standard InChI is InChI=1S/C14H14ClFN2O2S/c1-21(19,20)18-13-4-2-3-12(8-13)17-9-10-7-11(15)5-6-14(10)16/h2-8,17-18H,9H2,1H3. The van der Waals surface area contributed by atoms with Crippen LogP contribution in [0.5, 0.6) is 0 Å². The third-order valence-electron chi connectivity index (χ3n) is 2.66. The second-order valence-corrected chi connectivity index (χ2v) is 6.73. The van der Waals surface area contributed by atoms with Gasteiger partial charge in [-0.05, 0) is 36.4 Å². The Morgan fingerprint density at radius 1 is 1.14 bits per heavy atom. The number of halogens is 2. The van der Waals surface area contributed by atoms with Crippen molar-refractivity contribution < 1.29 is 12.8 Å². The van der Waals surface area contributed by atoms with Crippen LogP contribution in [0, 0.1) is 5.82 Å². The molecule has 0 saturated heterocycles. The van der Waals surface area contributed by atoms with Gasteiger partial charge >= 0.3 is 0 Å². The topological polar surface area (TPSA) is 58.2 Å². The summed E-state index contributed by atoms with van der Waals surface area (Å²) < 4.78 is 38.3. The summed E-state index contributed by atoms with van der Waals surface area (Å²) in [7, 11) is -3.33. The molecule has 0 spiro atoms. The molecule has 0 aliphatic heterocycles. The van der Waals surface area contributed by atoms with Gasteiger partial charge in [-0.15, -0.1) is 0 Å². The van der Waals surface area contributed by atoms with E-state index in [9.17, 15) is 12.8 Å². The van der Waals surface area contributed by atoms with Crippen LogP contribution in [0.3, 0.4) is 0 Å². The molecule has 0 fully saturated rings. The Balaban J connectivity index is 2.10. The average molecular weight is 329 g/mol. The monoisotopic (exact) mass is 328 g/mol. The Hall–Kier alpha value is -1.79. The van der Waals surface area contributed by atoms with E-state index in [-0.39, 0.29) is 12.4 Å². The fourth-order valence-corrected chi connectivity index (χ4v) is 2.53. The molecule has 112 valence electrons. The summed E-state index contributed by atoms with van der Waals surface area (Å²) in [6.45, 7) is 0.245. The third kappa shape index (κ3) is 4.91. The molecule has 0 aliphatic rings. The zero-order valence-corrected chi connectivity index (χ0v) is 12.8. The molecule has 21 heavy (non-hydrogen) atoms. The minimum Gasteiger partial charge on any atom is -0.381 e. The Morgan fingerprint density at radius 2 is 1.86 bits per heavy atom. The van der Waals surface area contributed by atoms with Crippen LogP contribution in [0.25, 0.3) is 0 Å². The van der Waals surface area contributed by atoms with Gasteiger partial charge in [-0.1, -0.05) is 17.7 Å². The van der Waals surface area contributed by atoms with E-state index in [4.69, 9.17) is 11.6 Å². The predicted molar refractivity (Wildman–Crippen MR) is 83.6 cm³/mol. The summed E-state index contributed by atoms with van der Waals surface area (Å²) in [6, 6.07) is 11.1. The molecule has 0 amide bonds. The van der Waals surface area contributed by atoms with E-state index in [2.05, 4.69) is 10.0 Å². The molecule has 0 radical (unpaired) electrons. The van der Waals surface area contributed by atoms with Gasteiger partial charge in [-0.25, -0.2) is 12.8 Å². The van der Waals surface area contributed by atoms with Gasteiger partial charge in [-0.3, -0.25) is 4.72 Å². The summed E-state index contributed by atoms with van der Waals surface area (Å²) >= 11 is 5.83.